The summed E-state index contributed by atoms with van der Waals surface area (Å²) in [5, 5.41) is 11.5. The van der Waals surface area contributed by atoms with Gasteiger partial charge in [0.2, 0.25) is 4.77 Å². The molecule has 1 aromatic heterocycles. The lowest BCUT2D eigenvalue weighted by molar-refractivity contribution is 0.414. The van der Waals surface area contributed by atoms with E-state index in [1.165, 1.54) is 0 Å². The van der Waals surface area contributed by atoms with Gasteiger partial charge < -0.3 is 9.47 Å². The third kappa shape index (κ3) is 3.36. The van der Waals surface area contributed by atoms with Gasteiger partial charge in [-0.15, -0.1) is 0 Å². The van der Waals surface area contributed by atoms with Crippen LogP contribution in [-0.2, 0) is 0 Å². The molecule has 0 spiro atoms. The van der Waals surface area contributed by atoms with E-state index in [0.29, 0.717) is 10.6 Å². The molecule has 0 unspecified atom stereocenters. The standard InChI is InChI=1S/C17H16N4O2S/c1-22-14-7-3-5-12(9-14)11-18-21-16(19-20-17(21)24)13-6-4-8-15(10-13)23-2/h3-11H,1-2H3,(H,20,24). The maximum absolute atomic E-state index is 5.27. The Morgan fingerprint density at radius 2 is 1.79 bits per heavy atom. The zero-order valence-electron chi connectivity index (χ0n) is 13.3. The number of nitrogens with one attached hydrogen (secondary N) is 1. The second-order valence-corrected chi connectivity index (χ2v) is 5.30. The molecule has 1 heterocycles. The number of H-pyrrole nitrogens is 1. The number of aromatic amines is 1. The molecular weight excluding hydrogens is 324 g/mol. The van der Waals surface area contributed by atoms with Crippen LogP contribution >= 0.6 is 12.2 Å². The average Bonchev–Trinajstić information content (AvgIpc) is 3.01. The van der Waals surface area contributed by atoms with E-state index in [1.54, 1.807) is 25.1 Å². The lowest BCUT2D eigenvalue weighted by Gasteiger charge is -2.04. The maximum Gasteiger partial charge on any atom is 0.216 e. The molecule has 0 saturated carbocycles. The van der Waals surface area contributed by atoms with Gasteiger partial charge in [0.1, 0.15) is 11.5 Å². The van der Waals surface area contributed by atoms with Crippen LogP contribution in [-0.4, -0.2) is 35.3 Å². The van der Waals surface area contributed by atoms with Crippen molar-refractivity contribution in [2.45, 2.75) is 0 Å². The number of ether oxygens (including phenoxy) is 2. The average molecular weight is 340 g/mol. The van der Waals surface area contributed by atoms with Crippen molar-refractivity contribution in [3.05, 3.63) is 58.9 Å². The first-order valence-corrected chi connectivity index (χ1v) is 7.62. The fraction of sp³-hybridized carbons (Fsp3) is 0.118. The van der Waals surface area contributed by atoms with Crippen molar-refractivity contribution in [2.75, 3.05) is 14.2 Å². The lowest BCUT2D eigenvalue weighted by Crippen LogP contribution is -1.95. The highest BCUT2D eigenvalue weighted by molar-refractivity contribution is 7.71. The highest BCUT2D eigenvalue weighted by Gasteiger charge is 2.09. The van der Waals surface area contributed by atoms with E-state index < -0.39 is 0 Å². The molecule has 0 saturated heterocycles. The molecule has 0 aliphatic heterocycles. The van der Waals surface area contributed by atoms with Crippen LogP contribution in [0.4, 0.5) is 0 Å². The van der Waals surface area contributed by atoms with E-state index in [4.69, 9.17) is 21.7 Å². The third-order valence-electron chi connectivity index (χ3n) is 3.39. The van der Waals surface area contributed by atoms with Gasteiger partial charge in [0.15, 0.2) is 5.82 Å². The predicted octanol–water partition coefficient (Wildman–Crippen LogP) is 3.51. The summed E-state index contributed by atoms with van der Waals surface area (Å²) in [7, 11) is 3.25. The minimum Gasteiger partial charge on any atom is -0.497 e. The minimum absolute atomic E-state index is 0.409. The van der Waals surface area contributed by atoms with Crippen LogP contribution in [0.2, 0.25) is 0 Å². The predicted molar refractivity (Wildman–Crippen MR) is 95.4 cm³/mol. The molecule has 1 N–H and O–H groups in total. The Morgan fingerprint density at radius 3 is 2.54 bits per heavy atom. The number of rotatable bonds is 5. The van der Waals surface area contributed by atoms with E-state index in [2.05, 4.69) is 15.3 Å². The molecule has 0 aliphatic carbocycles. The van der Waals surface area contributed by atoms with Crippen LogP contribution in [0.1, 0.15) is 5.56 Å². The summed E-state index contributed by atoms with van der Waals surface area (Å²) in [5.41, 5.74) is 1.75. The van der Waals surface area contributed by atoms with Gasteiger partial charge in [-0.3, -0.25) is 0 Å². The van der Waals surface area contributed by atoms with Gasteiger partial charge in [-0.1, -0.05) is 24.3 Å². The SMILES string of the molecule is COc1cccc(C=Nn2c(-c3cccc(OC)c3)n[nH]c2=S)c1. The maximum atomic E-state index is 5.27. The van der Waals surface area contributed by atoms with Crippen molar-refractivity contribution in [3.63, 3.8) is 0 Å². The van der Waals surface area contributed by atoms with E-state index in [0.717, 1.165) is 22.6 Å². The van der Waals surface area contributed by atoms with Crippen LogP contribution in [0.25, 0.3) is 11.4 Å². The molecule has 3 rings (SSSR count). The molecule has 2 aromatic carbocycles. The molecule has 7 heteroatoms. The second-order valence-electron chi connectivity index (χ2n) is 4.92. The van der Waals surface area contributed by atoms with E-state index in [1.807, 2.05) is 48.5 Å². The smallest absolute Gasteiger partial charge is 0.216 e. The molecule has 3 aromatic rings. The van der Waals surface area contributed by atoms with Crippen molar-refractivity contribution in [3.8, 4) is 22.9 Å². The number of aromatic nitrogens is 3. The number of hydrogen-bond donors (Lipinski definition) is 1. The topological polar surface area (TPSA) is 64.4 Å². The van der Waals surface area contributed by atoms with Gasteiger partial charge in [-0.25, -0.2) is 5.10 Å². The molecule has 0 atom stereocenters. The molecule has 6 nitrogen and oxygen atoms in total. The van der Waals surface area contributed by atoms with Crippen LogP contribution in [0.15, 0.2) is 53.6 Å². The highest BCUT2D eigenvalue weighted by atomic mass is 32.1. The Kier molecular flexibility index (Phi) is 4.72. The Balaban J connectivity index is 1.98. The Hall–Kier alpha value is -2.93. The van der Waals surface area contributed by atoms with Crippen LogP contribution in [0.5, 0.6) is 11.5 Å². The summed E-state index contributed by atoms with van der Waals surface area (Å²) in [4.78, 5) is 0. The largest absolute Gasteiger partial charge is 0.497 e. The molecule has 0 amide bonds. The summed E-state index contributed by atoms with van der Waals surface area (Å²) < 4.78 is 12.4. The summed E-state index contributed by atoms with van der Waals surface area (Å²) in [6.45, 7) is 0. The summed E-state index contributed by atoms with van der Waals surface area (Å²) in [5.74, 6) is 2.12. The second kappa shape index (κ2) is 7.10. The molecular formula is C17H16N4O2S. The number of hydrogen-bond acceptors (Lipinski definition) is 5. The summed E-state index contributed by atoms with van der Waals surface area (Å²) in [6, 6.07) is 15.2. The number of benzene rings is 2. The van der Waals surface area contributed by atoms with Crippen LogP contribution in [0.3, 0.4) is 0 Å². The van der Waals surface area contributed by atoms with Crippen molar-refractivity contribution < 1.29 is 9.47 Å². The van der Waals surface area contributed by atoms with Gasteiger partial charge in [-0.05, 0) is 42.0 Å². The van der Waals surface area contributed by atoms with Crippen molar-refractivity contribution in [1.82, 2.24) is 14.9 Å². The molecule has 122 valence electrons. The first-order chi connectivity index (χ1) is 11.7. The molecule has 0 radical (unpaired) electrons. The molecule has 0 bridgehead atoms. The van der Waals surface area contributed by atoms with E-state index in [-0.39, 0.29) is 0 Å². The zero-order valence-corrected chi connectivity index (χ0v) is 14.1. The monoisotopic (exact) mass is 340 g/mol. The van der Waals surface area contributed by atoms with Crippen molar-refractivity contribution >= 4 is 18.4 Å². The van der Waals surface area contributed by atoms with E-state index in [9.17, 15) is 0 Å². The Bertz CT molecular complexity index is 930. The summed E-state index contributed by atoms with van der Waals surface area (Å²) >= 11 is 5.27. The van der Waals surface area contributed by atoms with Gasteiger partial charge in [-0.2, -0.15) is 14.9 Å². The first kappa shape index (κ1) is 15.9. The van der Waals surface area contributed by atoms with Crippen molar-refractivity contribution in [2.24, 2.45) is 5.10 Å². The van der Waals surface area contributed by atoms with Crippen LogP contribution in [0, 0.1) is 4.77 Å². The fourth-order valence-electron chi connectivity index (χ4n) is 2.19. The first-order valence-electron chi connectivity index (χ1n) is 7.21. The number of nitrogens with zero attached hydrogens (tertiary/aromatic N) is 3. The van der Waals surface area contributed by atoms with Gasteiger partial charge in [0, 0.05) is 5.56 Å². The van der Waals surface area contributed by atoms with Gasteiger partial charge in [0.25, 0.3) is 0 Å². The summed E-state index contributed by atoms with van der Waals surface area (Å²) in [6.07, 6.45) is 1.71. The van der Waals surface area contributed by atoms with Gasteiger partial charge >= 0.3 is 0 Å². The van der Waals surface area contributed by atoms with E-state index >= 15 is 0 Å². The normalized spacial score (nSPS) is 10.9. The third-order valence-corrected chi connectivity index (χ3v) is 3.66. The Labute approximate surface area is 144 Å². The minimum atomic E-state index is 0.409. The van der Waals surface area contributed by atoms with Crippen molar-refractivity contribution in [1.29, 1.82) is 0 Å². The number of methoxy groups -OCH3 is 2. The van der Waals surface area contributed by atoms with Crippen LogP contribution < -0.4 is 9.47 Å². The fourth-order valence-corrected chi connectivity index (χ4v) is 2.37. The lowest BCUT2D eigenvalue weighted by atomic mass is 10.2. The Morgan fingerprint density at radius 1 is 1.08 bits per heavy atom. The zero-order chi connectivity index (χ0) is 16.9. The molecule has 24 heavy (non-hydrogen) atoms. The highest BCUT2D eigenvalue weighted by Crippen LogP contribution is 2.22. The molecule has 0 aliphatic rings. The van der Waals surface area contributed by atoms with Gasteiger partial charge in [0.05, 0.1) is 20.4 Å². The molecule has 0 fully saturated rings. The quantitative estimate of drug-likeness (QED) is 0.570.